The lowest BCUT2D eigenvalue weighted by Gasteiger charge is -2.26. The van der Waals surface area contributed by atoms with Crippen LogP contribution in [0.25, 0.3) is 0 Å². The average Bonchev–Trinajstić information content (AvgIpc) is 3.06. The Kier molecular flexibility index (Phi) is 6.12. The summed E-state index contributed by atoms with van der Waals surface area (Å²) in [6, 6.07) is 9.25. The van der Waals surface area contributed by atoms with Crippen LogP contribution in [0.1, 0.15) is 34.8 Å². The number of nitrogens with one attached hydrogen (secondary N) is 2. The number of amides is 1. The molecule has 2 aromatic carbocycles. The van der Waals surface area contributed by atoms with Crippen LogP contribution in [-0.4, -0.2) is 46.0 Å². The zero-order valence-electron chi connectivity index (χ0n) is 16.4. The van der Waals surface area contributed by atoms with Crippen LogP contribution in [0.15, 0.2) is 52.3 Å². The van der Waals surface area contributed by atoms with Gasteiger partial charge in [0.05, 0.1) is 22.4 Å². The van der Waals surface area contributed by atoms with Crippen molar-refractivity contribution in [3.8, 4) is 0 Å². The molecule has 31 heavy (non-hydrogen) atoms. The summed E-state index contributed by atoms with van der Waals surface area (Å²) < 4.78 is 64.6. The minimum absolute atomic E-state index is 0.0357. The number of hydrogen-bond donors (Lipinski definition) is 2. The summed E-state index contributed by atoms with van der Waals surface area (Å²) in [7, 11) is -7.11. The minimum atomic E-state index is -3.90. The van der Waals surface area contributed by atoms with Gasteiger partial charge in [-0.2, -0.15) is 0 Å². The van der Waals surface area contributed by atoms with Gasteiger partial charge in [0.25, 0.3) is 5.91 Å². The van der Waals surface area contributed by atoms with Crippen LogP contribution < -0.4 is 10.0 Å². The van der Waals surface area contributed by atoms with Gasteiger partial charge in [-0.15, -0.1) is 11.8 Å². The molecule has 0 aromatic heterocycles. The molecule has 0 bridgehead atoms. The lowest BCUT2D eigenvalue weighted by molar-refractivity contribution is 0.0934. The number of carbonyl (C=O) groups excluding carboxylic acids is 1. The highest BCUT2D eigenvalue weighted by molar-refractivity contribution is 7.99. The zero-order valence-corrected chi connectivity index (χ0v) is 18.8. The van der Waals surface area contributed by atoms with E-state index >= 15 is 0 Å². The first-order valence-electron chi connectivity index (χ1n) is 9.69. The van der Waals surface area contributed by atoms with Gasteiger partial charge in [-0.05, 0) is 48.7 Å². The van der Waals surface area contributed by atoms with E-state index in [2.05, 4.69) is 10.0 Å². The maximum Gasteiger partial charge on any atom is 0.251 e. The number of carbonyl (C=O) groups is 1. The topological polar surface area (TPSA) is 109 Å². The maximum atomic E-state index is 14.0. The third kappa shape index (κ3) is 4.94. The van der Waals surface area contributed by atoms with E-state index in [4.69, 9.17) is 0 Å². The van der Waals surface area contributed by atoms with Crippen molar-refractivity contribution >= 4 is 37.5 Å². The molecule has 0 aliphatic carbocycles. The van der Waals surface area contributed by atoms with Gasteiger partial charge in [0, 0.05) is 22.3 Å². The Hall–Kier alpha value is -1.95. The second-order valence-electron chi connectivity index (χ2n) is 7.57. The summed E-state index contributed by atoms with van der Waals surface area (Å²) in [5.74, 6) is -0.261. The van der Waals surface area contributed by atoms with Gasteiger partial charge < -0.3 is 5.32 Å². The number of thioether (sulfide) groups is 1. The molecule has 2 heterocycles. The van der Waals surface area contributed by atoms with Gasteiger partial charge in [0.1, 0.15) is 5.82 Å². The Morgan fingerprint density at radius 2 is 1.84 bits per heavy atom. The fourth-order valence-corrected chi connectivity index (χ4v) is 7.93. The lowest BCUT2D eigenvalue weighted by Crippen LogP contribution is -2.35. The Morgan fingerprint density at radius 3 is 2.52 bits per heavy atom. The molecule has 7 nitrogen and oxygen atoms in total. The molecule has 1 amide bonds. The standard InChI is InChI=1S/C20H21FN2O5S3/c21-17-3-1-2-16-18(8-10-29-19(16)17)22-20(24)13-4-6-15(7-5-13)31(27,28)23-14-9-11-30(25,26)12-14/h1-7,14,18,23H,8-12H2,(H,22,24)/t14-,18+/m0/s1. The highest BCUT2D eigenvalue weighted by Crippen LogP contribution is 2.37. The van der Waals surface area contributed by atoms with Crippen LogP contribution in [0, 0.1) is 5.82 Å². The molecule has 2 N–H and O–H groups in total. The number of benzene rings is 2. The fraction of sp³-hybridized carbons (Fsp3) is 0.350. The number of sulfonamides is 1. The van der Waals surface area contributed by atoms with Crippen molar-refractivity contribution in [3.63, 3.8) is 0 Å². The Morgan fingerprint density at radius 1 is 1.10 bits per heavy atom. The smallest absolute Gasteiger partial charge is 0.251 e. The van der Waals surface area contributed by atoms with Crippen LogP contribution in [0.4, 0.5) is 4.39 Å². The summed E-state index contributed by atoms with van der Waals surface area (Å²) >= 11 is 1.42. The molecule has 0 saturated carbocycles. The van der Waals surface area contributed by atoms with E-state index in [-0.39, 0.29) is 46.2 Å². The monoisotopic (exact) mass is 484 g/mol. The maximum absolute atomic E-state index is 14.0. The molecule has 2 aliphatic heterocycles. The van der Waals surface area contributed by atoms with Gasteiger partial charge in [-0.3, -0.25) is 4.79 Å². The van der Waals surface area contributed by atoms with Gasteiger partial charge in [-0.1, -0.05) is 12.1 Å². The van der Waals surface area contributed by atoms with E-state index in [0.717, 1.165) is 5.56 Å². The number of rotatable bonds is 5. The first kappa shape index (κ1) is 22.3. The van der Waals surface area contributed by atoms with Crippen molar-refractivity contribution in [2.24, 2.45) is 0 Å². The van der Waals surface area contributed by atoms with Crippen LogP contribution >= 0.6 is 11.8 Å². The number of halogens is 1. The van der Waals surface area contributed by atoms with E-state index in [1.165, 1.54) is 42.1 Å². The quantitative estimate of drug-likeness (QED) is 0.674. The molecule has 0 unspecified atom stereocenters. The average molecular weight is 485 g/mol. The third-order valence-electron chi connectivity index (χ3n) is 5.31. The van der Waals surface area contributed by atoms with Crippen molar-refractivity contribution in [1.29, 1.82) is 0 Å². The minimum Gasteiger partial charge on any atom is -0.345 e. The van der Waals surface area contributed by atoms with E-state index < -0.39 is 25.9 Å². The molecule has 1 fully saturated rings. The first-order valence-corrected chi connectivity index (χ1v) is 14.0. The predicted molar refractivity (Wildman–Crippen MR) is 116 cm³/mol. The fourth-order valence-electron chi connectivity index (χ4n) is 3.74. The molecule has 11 heteroatoms. The zero-order chi connectivity index (χ0) is 22.2. The molecule has 2 atom stereocenters. The van der Waals surface area contributed by atoms with Gasteiger partial charge >= 0.3 is 0 Å². The van der Waals surface area contributed by atoms with Gasteiger partial charge in [0.2, 0.25) is 10.0 Å². The molecule has 1 saturated heterocycles. The summed E-state index contributed by atoms with van der Waals surface area (Å²) in [6.45, 7) is 0. The Bertz CT molecular complexity index is 1210. The summed E-state index contributed by atoms with van der Waals surface area (Å²) in [4.78, 5) is 13.2. The second-order valence-corrected chi connectivity index (χ2v) is 12.6. The van der Waals surface area contributed by atoms with Crippen molar-refractivity contribution in [3.05, 3.63) is 59.4 Å². The summed E-state index contributed by atoms with van der Waals surface area (Å²) in [5.41, 5.74) is 1.01. The first-order chi connectivity index (χ1) is 14.6. The van der Waals surface area contributed by atoms with E-state index in [0.29, 0.717) is 17.1 Å². The SMILES string of the molecule is O=C(N[C@@H]1CCSc2c(F)cccc21)c1ccc(S(=O)(=O)N[C@H]2CCS(=O)(=O)C2)cc1. The highest BCUT2D eigenvalue weighted by atomic mass is 32.2. The van der Waals surface area contributed by atoms with Crippen LogP contribution in [0.5, 0.6) is 0 Å². The molecular formula is C20H21FN2O5S3. The summed E-state index contributed by atoms with van der Waals surface area (Å²) in [5, 5.41) is 2.89. The molecule has 4 rings (SSSR count). The number of fused-ring (bicyclic) bond motifs is 1. The van der Waals surface area contributed by atoms with Gasteiger partial charge in [0.15, 0.2) is 9.84 Å². The van der Waals surface area contributed by atoms with Crippen LogP contribution in [0.3, 0.4) is 0 Å². The van der Waals surface area contributed by atoms with Crippen molar-refractivity contribution in [2.75, 3.05) is 17.3 Å². The number of sulfone groups is 1. The molecule has 0 radical (unpaired) electrons. The molecular weight excluding hydrogens is 463 g/mol. The Balaban J connectivity index is 1.45. The molecule has 166 valence electrons. The third-order valence-corrected chi connectivity index (χ3v) is 9.78. The van der Waals surface area contributed by atoms with Crippen LogP contribution in [0.2, 0.25) is 0 Å². The molecule has 0 spiro atoms. The van der Waals surface area contributed by atoms with Gasteiger partial charge in [-0.25, -0.2) is 25.9 Å². The lowest BCUT2D eigenvalue weighted by atomic mass is 10.0. The van der Waals surface area contributed by atoms with Crippen LogP contribution in [-0.2, 0) is 19.9 Å². The van der Waals surface area contributed by atoms with E-state index in [9.17, 15) is 26.0 Å². The normalized spacial score (nSPS) is 22.6. The number of hydrogen-bond acceptors (Lipinski definition) is 6. The van der Waals surface area contributed by atoms with E-state index in [1.807, 2.05) is 0 Å². The largest absolute Gasteiger partial charge is 0.345 e. The summed E-state index contributed by atoms with van der Waals surface area (Å²) in [6.07, 6.45) is 0.900. The van der Waals surface area contributed by atoms with Crippen molar-refractivity contribution in [2.45, 2.75) is 34.7 Å². The molecule has 2 aromatic rings. The molecule has 2 aliphatic rings. The Labute approximate surface area is 184 Å². The predicted octanol–water partition coefficient (Wildman–Crippen LogP) is 2.26. The van der Waals surface area contributed by atoms with Crippen molar-refractivity contribution < 1.29 is 26.0 Å². The highest BCUT2D eigenvalue weighted by Gasteiger charge is 2.31. The second kappa shape index (κ2) is 8.53. The van der Waals surface area contributed by atoms with Crippen molar-refractivity contribution in [1.82, 2.24) is 10.0 Å². The van der Waals surface area contributed by atoms with E-state index in [1.54, 1.807) is 12.1 Å².